The molecule has 0 aromatic carbocycles. The molecule has 2 rings (SSSR count). The molecule has 2 N–H and O–H groups in total. The Kier molecular flexibility index (Phi) is 3.76. The average molecular weight is 278 g/mol. The summed E-state index contributed by atoms with van der Waals surface area (Å²) < 4.78 is 1.93. The fourth-order valence-electron chi connectivity index (χ4n) is 3.27. The normalized spacial score (nSPS) is 25.4. The van der Waals surface area contributed by atoms with Crippen LogP contribution >= 0.6 is 0 Å². The topological polar surface area (TPSA) is 47.1 Å². The van der Waals surface area contributed by atoms with Crippen molar-refractivity contribution in [3.05, 3.63) is 17.5 Å². The first-order valence-corrected chi connectivity index (χ1v) is 7.58. The van der Waals surface area contributed by atoms with Gasteiger partial charge in [-0.2, -0.15) is 5.10 Å². The predicted molar refractivity (Wildman–Crippen MR) is 83.7 cm³/mol. The van der Waals surface area contributed by atoms with Crippen molar-refractivity contribution in [1.29, 1.82) is 0 Å². The molecule has 114 valence electrons. The molecule has 1 fully saturated rings. The summed E-state index contributed by atoms with van der Waals surface area (Å²) in [5.41, 5.74) is 9.10. The minimum absolute atomic E-state index is 0.0441. The summed E-state index contributed by atoms with van der Waals surface area (Å²) in [6, 6.07) is 0.470. The molecule has 2 heterocycles. The zero-order valence-corrected chi connectivity index (χ0v) is 14.1. The van der Waals surface area contributed by atoms with E-state index in [1.165, 1.54) is 11.3 Å². The van der Waals surface area contributed by atoms with Crippen LogP contribution in [0.15, 0.2) is 6.20 Å². The SMILES string of the molecule is Cn1cc(C2C(N)CCN2C(C)(C)C)c(C(C)(C)C)n1. The van der Waals surface area contributed by atoms with E-state index in [9.17, 15) is 0 Å². The molecule has 0 bridgehead atoms. The monoisotopic (exact) mass is 278 g/mol. The van der Waals surface area contributed by atoms with Crippen molar-refractivity contribution in [3.63, 3.8) is 0 Å². The molecule has 4 nitrogen and oxygen atoms in total. The zero-order valence-electron chi connectivity index (χ0n) is 14.1. The molecule has 1 aromatic rings. The molecule has 1 saturated heterocycles. The standard InChI is InChI=1S/C16H30N4/c1-15(2,3)14-11(10-19(7)18-14)13-12(17)8-9-20(13)16(4,5)6/h10,12-13H,8-9,17H2,1-7H3. The van der Waals surface area contributed by atoms with E-state index in [1.54, 1.807) is 0 Å². The molecule has 0 aliphatic carbocycles. The Balaban J connectivity index is 2.49. The quantitative estimate of drug-likeness (QED) is 0.859. The highest BCUT2D eigenvalue weighted by Gasteiger charge is 2.41. The van der Waals surface area contributed by atoms with E-state index < -0.39 is 0 Å². The first-order chi connectivity index (χ1) is 9.01. The van der Waals surface area contributed by atoms with Gasteiger partial charge in [0, 0.05) is 42.3 Å². The largest absolute Gasteiger partial charge is 0.326 e. The number of aryl methyl sites for hydroxylation is 1. The van der Waals surface area contributed by atoms with Crippen LogP contribution in [0.1, 0.15) is 65.3 Å². The summed E-state index contributed by atoms with van der Waals surface area (Å²) in [5, 5.41) is 4.71. The lowest BCUT2D eigenvalue weighted by molar-refractivity contribution is 0.116. The fraction of sp³-hybridized carbons (Fsp3) is 0.812. The van der Waals surface area contributed by atoms with Gasteiger partial charge in [0.05, 0.1) is 11.7 Å². The van der Waals surface area contributed by atoms with Crippen molar-refractivity contribution < 1.29 is 0 Å². The number of hydrogen-bond acceptors (Lipinski definition) is 3. The van der Waals surface area contributed by atoms with Gasteiger partial charge in [0.25, 0.3) is 0 Å². The molecule has 0 spiro atoms. The van der Waals surface area contributed by atoms with Gasteiger partial charge in [-0.1, -0.05) is 20.8 Å². The minimum atomic E-state index is 0.0441. The molecule has 4 heteroatoms. The first-order valence-electron chi connectivity index (χ1n) is 7.58. The molecule has 1 aliphatic heterocycles. The van der Waals surface area contributed by atoms with E-state index >= 15 is 0 Å². The van der Waals surface area contributed by atoms with E-state index in [1.807, 2.05) is 11.7 Å². The van der Waals surface area contributed by atoms with Crippen molar-refractivity contribution in [1.82, 2.24) is 14.7 Å². The lowest BCUT2D eigenvalue weighted by atomic mass is 9.85. The molecule has 1 aromatic heterocycles. The number of hydrogen-bond donors (Lipinski definition) is 1. The third-order valence-electron chi connectivity index (χ3n) is 4.19. The van der Waals surface area contributed by atoms with Crippen molar-refractivity contribution in [3.8, 4) is 0 Å². The number of likely N-dealkylation sites (tertiary alicyclic amines) is 1. The summed E-state index contributed by atoms with van der Waals surface area (Å²) in [6.07, 6.45) is 3.22. The second kappa shape index (κ2) is 4.85. The second-order valence-electron chi connectivity index (χ2n) is 8.12. The average Bonchev–Trinajstić information content (AvgIpc) is 2.79. The second-order valence-corrected chi connectivity index (χ2v) is 8.12. The van der Waals surface area contributed by atoms with Crippen molar-refractivity contribution in [2.24, 2.45) is 12.8 Å². The smallest absolute Gasteiger partial charge is 0.0726 e. The summed E-state index contributed by atoms with van der Waals surface area (Å²) in [7, 11) is 2.00. The lowest BCUT2D eigenvalue weighted by Gasteiger charge is -2.38. The van der Waals surface area contributed by atoms with Gasteiger partial charge in [-0.15, -0.1) is 0 Å². The maximum absolute atomic E-state index is 6.44. The predicted octanol–water partition coefficient (Wildman–Crippen LogP) is 2.59. The van der Waals surface area contributed by atoms with Crippen LogP contribution in [-0.2, 0) is 12.5 Å². The summed E-state index contributed by atoms with van der Waals surface area (Å²) in [4.78, 5) is 2.53. The number of rotatable bonds is 1. The van der Waals surface area contributed by atoms with Crippen molar-refractivity contribution in [2.75, 3.05) is 6.54 Å². The van der Waals surface area contributed by atoms with Gasteiger partial charge in [0.1, 0.15) is 0 Å². The Morgan fingerprint density at radius 3 is 2.30 bits per heavy atom. The molecule has 2 atom stereocenters. The Labute approximate surface area is 123 Å². The van der Waals surface area contributed by atoms with Crippen molar-refractivity contribution in [2.45, 2.75) is 71.0 Å². The minimum Gasteiger partial charge on any atom is -0.326 e. The Bertz CT molecular complexity index is 476. The third kappa shape index (κ3) is 2.77. The van der Waals surface area contributed by atoms with Crippen LogP contribution in [-0.4, -0.2) is 32.8 Å². The van der Waals surface area contributed by atoms with Gasteiger partial charge in [-0.05, 0) is 27.2 Å². The first kappa shape index (κ1) is 15.5. The highest BCUT2D eigenvalue weighted by molar-refractivity contribution is 5.30. The van der Waals surface area contributed by atoms with Crippen LogP contribution in [0.25, 0.3) is 0 Å². The van der Waals surface area contributed by atoms with Gasteiger partial charge < -0.3 is 5.73 Å². The Morgan fingerprint density at radius 1 is 1.20 bits per heavy atom. The van der Waals surface area contributed by atoms with Gasteiger partial charge in [0.15, 0.2) is 0 Å². The molecule has 0 saturated carbocycles. The summed E-state index contributed by atoms with van der Waals surface area (Å²) >= 11 is 0. The van der Waals surface area contributed by atoms with Crippen LogP contribution in [0.4, 0.5) is 0 Å². The van der Waals surface area contributed by atoms with Gasteiger partial charge in [-0.25, -0.2) is 0 Å². The van der Waals surface area contributed by atoms with Crippen LogP contribution in [0.5, 0.6) is 0 Å². The summed E-state index contributed by atoms with van der Waals surface area (Å²) in [5.74, 6) is 0. The van der Waals surface area contributed by atoms with Gasteiger partial charge in [-0.3, -0.25) is 9.58 Å². The number of nitrogens with two attached hydrogens (primary N) is 1. The number of aromatic nitrogens is 2. The summed E-state index contributed by atoms with van der Waals surface area (Å²) in [6.45, 7) is 14.5. The van der Waals surface area contributed by atoms with Crippen LogP contribution < -0.4 is 5.73 Å². The molecule has 0 radical (unpaired) electrons. The Morgan fingerprint density at radius 2 is 1.80 bits per heavy atom. The molecule has 0 amide bonds. The zero-order chi connectivity index (χ0) is 15.3. The molecular formula is C16H30N4. The van der Waals surface area contributed by atoms with E-state index in [4.69, 9.17) is 10.8 Å². The van der Waals surface area contributed by atoms with E-state index in [0.717, 1.165) is 13.0 Å². The lowest BCUT2D eigenvalue weighted by Crippen LogP contribution is -2.44. The van der Waals surface area contributed by atoms with Gasteiger partial charge in [0.2, 0.25) is 0 Å². The molecular weight excluding hydrogens is 248 g/mol. The number of nitrogens with zero attached hydrogens (tertiary/aromatic N) is 3. The van der Waals surface area contributed by atoms with E-state index in [-0.39, 0.29) is 23.0 Å². The molecule has 20 heavy (non-hydrogen) atoms. The van der Waals surface area contributed by atoms with Crippen LogP contribution in [0, 0.1) is 0 Å². The maximum Gasteiger partial charge on any atom is 0.0726 e. The van der Waals surface area contributed by atoms with E-state index in [2.05, 4.69) is 52.6 Å². The van der Waals surface area contributed by atoms with Crippen molar-refractivity contribution >= 4 is 0 Å². The van der Waals surface area contributed by atoms with Crippen LogP contribution in [0.3, 0.4) is 0 Å². The maximum atomic E-state index is 6.44. The van der Waals surface area contributed by atoms with Gasteiger partial charge >= 0.3 is 0 Å². The highest BCUT2D eigenvalue weighted by Crippen LogP contribution is 2.40. The molecule has 2 unspecified atom stereocenters. The fourth-order valence-corrected chi connectivity index (χ4v) is 3.27. The molecule has 1 aliphatic rings. The van der Waals surface area contributed by atoms with E-state index in [0.29, 0.717) is 0 Å². The highest BCUT2D eigenvalue weighted by atomic mass is 15.3. The van der Waals surface area contributed by atoms with Crippen LogP contribution in [0.2, 0.25) is 0 Å². The third-order valence-corrected chi connectivity index (χ3v) is 4.19. The Hall–Kier alpha value is -0.870.